The molecule has 112 valence electrons. The van der Waals surface area contributed by atoms with Crippen molar-refractivity contribution in [2.45, 2.75) is 31.9 Å². The Bertz CT molecular complexity index is 422. The van der Waals surface area contributed by atoms with Crippen LogP contribution in [0.3, 0.4) is 0 Å². The summed E-state index contributed by atoms with van der Waals surface area (Å²) in [7, 11) is 1.67. The molecule has 5 heteroatoms. The predicted molar refractivity (Wildman–Crippen MR) is 82.1 cm³/mol. The van der Waals surface area contributed by atoms with Crippen LogP contribution in [0.15, 0.2) is 24.3 Å². The summed E-state index contributed by atoms with van der Waals surface area (Å²) in [4.78, 5) is 14.4. The Balaban J connectivity index is 0.00000200. The van der Waals surface area contributed by atoms with Crippen LogP contribution >= 0.6 is 12.4 Å². The van der Waals surface area contributed by atoms with Gasteiger partial charge in [-0.3, -0.25) is 4.79 Å². The van der Waals surface area contributed by atoms with Crippen molar-refractivity contribution in [2.24, 2.45) is 5.73 Å². The van der Waals surface area contributed by atoms with Gasteiger partial charge in [-0.15, -0.1) is 12.4 Å². The van der Waals surface area contributed by atoms with E-state index in [1.807, 2.05) is 29.2 Å². The number of carbonyl (C=O) groups is 1. The van der Waals surface area contributed by atoms with Gasteiger partial charge in [0, 0.05) is 31.8 Å². The monoisotopic (exact) mass is 298 g/mol. The van der Waals surface area contributed by atoms with Gasteiger partial charge in [0.25, 0.3) is 5.91 Å². The molecule has 1 aliphatic heterocycles. The van der Waals surface area contributed by atoms with Crippen molar-refractivity contribution in [3.63, 3.8) is 0 Å². The number of hydrogen-bond donors (Lipinski definition) is 1. The number of rotatable bonds is 4. The Morgan fingerprint density at radius 1 is 1.35 bits per heavy atom. The number of nitrogens with zero attached hydrogens (tertiary/aromatic N) is 1. The molecule has 1 amide bonds. The van der Waals surface area contributed by atoms with Crippen molar-refractivity contribution < 1.29 is 9.53 Å². The first-order chi connectivity index (χ1) is 9.26. The van der Waals surface area contributed by atoms with Crippen molar-refractivity contribution in [3.8, 4) is 0 Å². The molecule has 0 spiro atoms. The highest BCUT2D eigenvalue weighted by Crippen LogP contribution is 2.19. The van der Waals surface area contributed by atoms with Crippen molar-refractivity contribution in [3.05, 3.63) is 35.4 Å². The Hall–Kier alpha value is -1.10. The highest BCUT2D eigenvalue weighted by atomic mass is 35.5. The first-order valence-corrected chi connectivity index (χ1v) is 6.85. The van der Waals surface area contributed by atoms with Gasteiger partial charge in [0.05, 0.1) is 6.61 Å². The highest BCUT2D eigenvalue weighted by molar-refractivity contribution is 5.94. The van der Waals surface area contributed by atoms with E-state index < -0.39 is 0 Å². The third-order valence-corrected chi connectivity index (χ3v) is 3.67. The maximum absolute atomic E-state index is 12.5. The Labute approximate surface area is 126 Å². The molecule has 1 saturated heterocycles. The van der Waals surface area contributed by atoms with Crippen LogP contribution in [0.4, 0.5) is 0 Å². The van der Waals surface area contributed by atoms with Crippen LogP contribution in [0, 0.1) is 0 Å². The van der Waals surface area contributed by atoms with E-state index in [9.17, 15) is 4.79 Å². The van der Waals surface area contributed by atoms with Crippen molar-refractivity contribution in [1.29, 1.82) is 0 Å². The standard InChI is InChI=1S/C15H22N2O2.ClH/c1-19-11-12-5-7-13(8-6-12)15(18)17-9-3-2-4-14(17)10-16;/h5-8,14H,2-4,9-11,16H2,1H3;1H. The van der Waals surface area contributed by atoms with Crippen molar-refractivity contribution >= 4 is 18.3 Å². The number of likely N-dealkylation sites (tertiary alicyclic amines) is 1. The number of amides is 1. The number of ether oxygens (including phenoxy) is 1. The molecule has 1 aromatic carbocycles. The number of piperidine rings is 1. The summed E-state index contributed by atoms with van der Waals surface area (Å²) in [6.45, 7) is 1.94. The highest BCUT2D eigenvalue weighted by Gasteiger charge is 2.26. The van der Waals surface area contributed by atoms with Gasteiger partial charge in [0.2, 0.25) is 0 Å². The average molecular weight is 299 g/mol. The quantitative estimate of drug-likeness (QED) is 0.927. The van der Waals surface area contributed by atoms with Gasteiger partial charge in [-0.05, 0) is 37.0 Å². The minimum absolute atomic E-state index is 0. The molecule has 0 saturated carbocycles. The van der Waals surface area contributed by atoms with Crippen LogP contribution in [0.2, 0.25) is 0 Å². The molecule has 20 heavy (non-hydrogen) atoms. The van der Waals surface area contributed by atoms with Gasteiger partial charge in [0.15, 0.2) is 0 Å². The lowest BCUT2D eigenvalue weighted by atomic mass is 10.0. The molecule has 0 aromatic heterocycles. The SMILES string of the molecule is COCc1ccc(C(=O)N2CCCCC2CN)cc1.Cl. The average Bonchev–Trinajstić information content (AvgIpc) is 2.47. The van der Waals surface area contributed by atoms with Crippen molar-refractivity contribution in [1.82, 2.24) is 4.90 Å². The summed E-state index contributed by atoms with van der Waals surface area (Å²) in [5.74, 6) is 0.0964. The maximum atomic E-state index is 12.5. The van der Waals surface area contributed by atoms with E-state index >= 15 is 0 Å². The maximum Gasteiger partial charge on any atom is 0.254 e. The van der Waals surface area contributed by atoms with Gasteiger partial charge < -0.3 is 15.4 Å². The molecule has 0 radical (unpaired) electrons. The van der Waals surface area contributed by atoms with Crippen LogP contribution in [-0.2, 0) is 11.3 Å². The molecule has 1 unspecified atom stereocenters. The second-order valence-corrected chi connectivity index (χ2v) is 5.01. The number of carbonyl (C=O) groups excluding carboxylic acids is 1. The number of benzene rings is 1. The van der Waals surface area contributed by atoms with Crippen LogP contribution in [-0.4, -0.2) is 37.0 Å². The zero-order chi connectivity index (χ0) is 13.7. The van der Waals surface area contributed by atoms with E-state index in [0.717, 1.165) is 30.5 Å². The first kappa shape index (κ1) is 17.0. The third-order valence-electron chi connectivity index (χ3n) is 3.67. The lowest BCUT2D eigenvalue weighted by Crippen LogP contribution is -2.47. The first-order valence-electron chi connectivity index (χ1n) is 6.85. The Morgan fingerprint density at radius 3 is 2.65 bits per heavy atom. The van der Waals surface area contributed by atoms with Gasteiger partial charge in [-0.25, -0.2) is 0 Å². The fourth-order valence-electron chi connectivity index (χ4n) is 2.59. The van der Waals surface area contributed by atoms with Crippen molar-refractivity contribution in [2.75, 3.05) is 20.2 Å². The summed E-state index contributed by atoms with van der Waals surface area (Å²) in [5, 5.41) is 0. The van der Waals surface area contributed by atoms with E-state index in [4.69, 9.17) is 10.5 Å². The van der Waals surface area contributed by atoms with Gasteiger partial charge in [0.1, 0.15) is 0 Å². The molecule has 1 heterocycles. The summed E-state index contributed by atoms with van der Waals surface area (Å²) >= 11 is 0. The third kappa shape index (κ3) is 3.95. The molecule has 2 N–H and O–H groups in total. The Morgan fingerprint density at radius 2 is 2.05 bits per heavy atom. The van der Waals surface area contributed by atoms with Gasteiger partial charge >= 0.3 is 0 Å². The molecule has 0 bridgehead atoms. The lowest BCUT2D eigenvalue weighted by Gasteiger charge is -2.35. The molecule has 0 aliphatic carbocycles. The minimum atomic E-state index is 0. The van der Waals surface area contributed by atoms with Crippen LogP contribution in [0.1, 0.15) is 35.2 Å². The fourth-order valence-corrected chi connectivity index (χ4v) is 2.59. The van der Waals surface area contributed by atoms with Gasteiger partial charge in [-0.2, -0.15) is 0 Å². The normalized spacial score (nSPS) is 18.5. The fraction of sp³-hybridized carbons (Fsp3) is 0.533. The zero-order valence-electron chi connectivity index (χ0n) is 11.9. The summed E-state index contributed by atoms with van der Waals surface area (Å²) in [6.07, 6.45) is 3.26. The second-order valence-electron chi connectivity index (χ2n) is 5.01. The number of methoxy groups -OCH3 is 1. The smallest absolute Gasteiger partial charge is 0.254 e. The number of halogens is 1. The summed E-state index contributed by atoms with van der Waals surface area (Å²) in [6, 6.07) is 7.83. The van der Waals surface area contributed by atoms with E-state index in [2.05, 4.69) is 0 Å². The number of hydrogen-bond acceptors (Lipinski definition) is 3. The predicted octanol–water partition coefficient (Wildman–Crippen LogP) is 2.21. The molecule has 2 rings (SSSR count). The molecular weight excluding hydrogens is 276 g/mol. The Kier molecular flexibility index (Phi) is 6.99. The zero-order valence-corrected chi connectivity index (χ0v) is 12.7. The van der Waals surface area contributed by atoms with Crippen LogP contribution in [0.25, 0.3) is 0 Å². The molecule has 1 fully saturated rings. The molecule has 4 nitrogen and oxygen atoms in total. The number of nitrogens with two attached hydrogens (primary N) is 1. The molecular formula is C15H23ClN2O2. The molecule has 1 aliphatic rings. The molecule has 1 atom stereocenters. The molecule has 1 aromatic rings. The largest absolute Gasteiger partial charge is 0.380 e. The van der Waals surface area contributed by atoms with E-state index in [1.165, 1.54) is 6.42 Å². The minimum Gasteiger partial charge on any atom is -0.380 e. The van der Waals surface area contributed by atoms with Crippen LogP contribution < -0.4 is 5.73 Å². The lowest BCUT2D eigenvalue weighted by molar-refractivity contribution is 0.0623. The van der Waals surface area contributed by atoms with E-state index in [0.29, 0.717) is 13.2 Å². The van der Waals surface area contributed by atoms with Gasteiger partial charge in [-0.1, -0.05) is 12.1 Å². The summed E-state index contributed by atoms with van der Waals surface area (Å²) < 4.78 is 5.07. The van der Waals surface area contributed by atoms with E-state index in [1.54, 1.807) is 7.11 Å². The summed E-state index contributed by atoms with van der Waals surface area (Å²) in [5.41, 5.74) is 7.58. The van der Waals surface area contributed by atoms with E-state index in [-0.39, 0.29) is 24.4 Å². The van der Waals surface area contributed by atoms with Crippen LogP contribution in [0.5, 0.6) is 0 Å². The topological polar surface area (TPSA) is 55.6 Å². The second kappa shape index (κ2) is 8.25.